The maximum Gasteiger partial charge on any atom is 0.126 e. The molecule has 0 fully saturated rings. The zero-order valence-corrected chi connectivity index (χ0v) is 31.9. The highest BCUT2D eigenvalue weighted by Crippen LogP contribution is 2.55. The summed E-state index contributed by atoms with van der Waals surface area (Å²) in [5.74, 6) is -2.99. The topological polar surface area (TPSA) is 162 Å². The molecule has 4 aromatic carbocycles. The van der Waals surface area contributed by atoms with Crippen LogP contribution in [-0.2, 0) is 0 Å². The zero-order chi connectivity index (χ0) is 38.3. The van der Waals surface area contributed by atoms with E-state index in [0.717, 1.165) is 0 Å². The third-order valence-corrected chi connectivity index (χ3v) is 11.6. The molecule has 0 atom stereocenters. The van der Waals surface area contributed by atoms with E-state index >= 15 is 0 Å². The van der Waals surface area contributed by atoms with E-state index in [1.165, 1.54) is 0 Å². The van der Waals surface area contributed by atoms with Crippen molar-refractivity contribution < 1.29 is 40.9 Å². The smallest absolute Gasteiger partial charge is 0.126 e. The van der Waals surface area contributed by atoms with Crippen molar-refractivity contribution in [1.82, 2.24) is 0 Å². The van der Waals surface area contributed by atoms with Crippen molar-refractivity contribution in [2.24, 2.45) is 0 Å². The van der Waals surface area contributed by atoms with E-state index in [0.29, 0.717) is 95.9 Å². The average molecular weight is 713 g/mol. The number of aromatic hydroxyl groups is 8. The molecule has 1 aliphatic carbocycles. The summed E-state index contributed by atoms with van der Waals surface area (Å²) in [5, 5.41) is 93.9. The van der Waals surface area contributed by atoms with Crippen LogP contribution in [0.3, 0.4) is 0 Å². The molecule has 0 heterocycles. The third kappa shape index (κ3) is 6.24. The molecule has 8 nitrogen and oxygen atoms in total. The summed E-state index contributed by atoms with van der Waals surface area (Å²) in [6.07, 6.45) is 4.82. The van der Waals surface area contributed by atoms with Crippen LogP contribution in [0.25, 0.3) is 0 Å². The van der Waals surface area contributed by atoms with Crippen molar-refractivity contribution in [1.29, 1.82) is 0 Å². The second kappa shape index (κ2) is 15.1. The Labute approximate surface area is 307 Å². The minimum absolute atomic E-state index is 0.0981. The number of hydrogen-bond donors (Lipinski definition) is 8. The monoisotopic (exact) mass is 712 g/mol. The molecule has 0 saturated heterocycles. The summed E-state index contributed by atoms with van der Waals surface area (Å²) < 4.78 is 0. The summed E-state index contributed by atoms with van der Waals surface area (Å²) in [6.45, 7) is 14.7. The molecule has 8 N–H and O–H groups in total. The number of rotatable bonds is 8. The highest BCUT2D eigenvalue weighted by Gasteiger charge is 2.35. The normalized spacial score (nSPS) is 18.5. The van der Waals surface area contributed by atoms with Gasteiger partial charge in [-0.15, -0.1) is 0 Å². The van der Waals surface area contributed by atoms with Gasteiger partial charge >= 0.3 is 0 Å². The Morgan fingerprint density at radius 2 is 0.442 bits per heavy atom. The van der Waals surface area contributed by atoms with Gasteiger partial charge < -0.3 is 40.9 Å². The number of phenols is 8. The van der Waals surface area contributed by atoms with Gasteiger partial charge in [0.1, 0.15) is 46.0 Å². The summed E-state index contributed by atoms with van der Waals surface area (Å²) in [7, 11) is 0. The fraction of sp³-hybridized carbons (Fsp3) is 0.455. The largest absolute Gasteiger partial charge is 0.507 e. The fourth-order valence-corrected chi connectivity index (χ4v) is 8.59. The van der Waals surface area contributed by atoms with Crippen molar-refractivity contribution in [2.45, 2.75) is 130 Å². The Balaban J connectivity index is 2.06. The molecule has 0 spiro atoms. The molecule has 0 amide bonds. The minimum atomic E-state index is -0.552. The van der Waals surface area contributed by atoms with Crippen LogP contribution in [0.2, 0.25) is 0 Å². The van der Waals surface area contributed by atoms with Gasteiger partial charge in [0.25, 0.3) is 0 Å². The fourth-order valence-electron chi connectivity index (χ4n) is 8.59. The maximum absolute atomic E-state index is 11.7. The molecule has 0 radical (unpaired) electrons. The lowest BCUT2D eigenvalue weighted by Gasteiger charge is -2.30. The first-order valence-corrected chi connectivity index (χ1v) is 18.9. The minimum Gasteiger partial charge on any atom is -0.507 e. The SMILES string of the molecule is CCCC1c2cc(c(O)c(C)c2O)C(CCC)c2cc(c(O)c(C)c2O)C(CCC)c2cc(c(O)c(C)c2O)C(CCC)c2cc1c(O)c(C)c2O. The second-order valence-corrected chi connectivity index (χ2v) is 14.9. The zero-order valence-electron chi connectivity index (χ0n) is 31.9. The molecule has 52 heavy (non-hydrogen) atoms. The Morgan fingerprint density at radius 1 is 0.308 bits per heavy atom. The van der Waals surface area contributed by atoms with Gasteiger partial charge in [-0.25, -0.2) is 0 Å². The number of fused-ring (bicyclic) bond motifs is 8. The lowest BCUT2D eigenvalue weighted by molar-refractivity contribution is 0.414. The van der Waals surface area contributed by atoms with Crippen LogP contribution in [0.15, 0.2) is 24.3 Å². The Morgan fingerprint density at radius 3 is 0.558 bits per heavy atom. The lowest BCUT2D eigenvalue weighted by atomic mass is 9.75. The van der Waals surface area contributed by atoms with Crippen LogP contribution >= 0.6 is 0 Å². The molecule has 0 aliphatic heterocycles. The number of hydrogen-bond acceptors (Lipinski definition) is 8. The standard InChI is InChI=1S/C44H56O8/c1-9-13-25-29-17-31(39(47)21(5)37(29)45)26(14-10-2)33-19-35(43(51)23(7)41(33)49)28(16-12-4)36-20-34(42(50)24(8)44(36)52)27(15-11-3)32-18-30(25)38(46)22(6)40(32)48/h17-20,25-28,45-52H,9-16H2,1-8H3. The van der Waals surface area contributed by atoms with E-state index in [4.69, 9.17) is 0 Å². The van der Waals surface area contributed by atoms with Gasteiger partial charge in [-0.2, -0.15) is 0 Å². The Bertz CT molecular complexity index is 1600. The van der Waals surface area contributed by atoms with Crippen LogP contribution < -0.4 is 0 Å². The highest BCUT2D eigenvalue weighted by molar-refractivity contribution is 5.67. The van der Waals surface area contributed by atoms with Gasteiger partial charge in [-0.05, 0) is 77.6 Å². The molecule has 0 unspecified atom stereocenters. The molecule has 1 aliphatic rings. The number of phenolic OH excluding ortho intramolecular Hbond substituents is 8. The van der Waals surface area contributed by atoms with E-state index in [9.17, 15) is 40.9 Å². The first-order chi connectivity index (χ1) is 24.7. The van der Waals surface area contributed by atoms with Crippen molar-refractivity contribution in [3.63, 3.8) is 0 Å². The molecular weight excluding hydrogens is 656 g/mol. The Kier molecular flexibility index (Phi) is 11.2. The van der Waals surface area contributed by atoms with Gasteiger partial charge in [0.15, 0.2) is 0 Å². The van der Waals surface area contributed by atoms with Crippen LogP contribution in [0.1, 0.15) is 169 Å². The molecule has 8 bridgehead atoms. The quantitative estimate of drug-likeness (QED) is 0.0895. The van der Waals surface area contributed by atoms with Crippen molar-refractivity contribution >= 4 is 0 Å². The van der Waals surface area contributed by atoms with E-state index < -0.39 is 23.7 Å². The second-order valence-electron chi connectivity index (χ2n) is 14.9. The van der Waals surface area contributed by atoms with Gasteiger partial charge in [-0.1, -0.05) is 53.4 Å². The summed E-state index contributed by atoms with van der Waals surface area (Å²) in [5.41, 5.74) is 5.12. The molecular formula is C44H56O8. The molecule has 8 heteroatoms. The van der Waals surface area contributed by atoms with E-state index in [2.05, 4.69) is 0 Å². The average Bonchev–Trinajstić information content (AvgIpc) is 3.12. The van der Waals surface area contributed by atoms with Gasteiger partial charge in [0.05, 0.1) is 0 Å². The summed E-state index contributed by atoms with van der Waals surface area (Å²) in [6, 6.07) is 7.12. The van der Waals surface area contributed by atoms with Crippen LogP contribution in [0.5, 0.6) is 46.0 Å². The van der Waals surface area contributed by atoms with E-state index in [1.807, 2.05) is 27.7 Å². The molecule has 4 aromatic rings. The number of benzene rings is 4. The van der Waals surface area contributed by atoms with Crippen LogP contribution in [0.4, 0.5) is 0 Å². The van der Waals surface area contributed by atoms with Crippen molar-refractivity contribution in [3.05, 3.63) is 91.0 Å². The molecule has 280 valence electrons. The lowest BCUT2D eigenvalue weighted by Crippen LogP contribution is -2.13. The van der Waals surface area contributed by atoms with E-state index in [1.54, 1.807) is 52.0 Å². The van der Waals surface area contributed by atoms with E-state index in [-0.39, 0.29) is 68.2 Å². The predicted octanol–water partition coefficient (Wildman–Crippen LogP) is 10.6. The highest BCUT2D eigenvalue weighted by atomic mass is 16.3. The van der Waals surface area contributed by atoms with Crippen LogP contribution in [-0.4, -0.2) is 40.9 Å². The molecule has 0 saturated carbocycles. The Hall–Kier alpha value is -4.72. The molecule has 0 aromatic heterocycles. The van der Waals surface area contributed by atoms with Crippen molar-refractivity contribution in [3.8, 4) is 46.0 Å². The third-order valence-electron chi connectivity index (χ3n) is 11.6. The van der Waals surface area contributed by atoms with Gasteiger partial charge in [0.2, 0.25) is 0 Å². The first-order valence-electron chi connectivity index (χ1n) is 18.9. The van der Waals surface area contributed by atoms with Gasteiger partial charge in [-0.3, -0.25) is 0 Å². The molecule has 5 rings (SSSR count). The first kappa shape index (κ1) is 38.5. The van der Waals surface area contributed by atoms with Crippen LogP contribution in [0, 0.1) is 27.7 Å². The maximum atomic E-state index is 11.7. The van der Waals surface area contributed by atoms with Crippen molar-refractivity contribution in [2.75, 3.05) is 0 Å². The van der Waals surface area contributed by atoms with Gasteiger partial charge in [0, 0.05) is 90.4 Å². The summed E-state index contributed by atoms with van der Waals surface area (Å²) >= 11 is 0. The predicted molar refractivity (Wildman–Crippen MR) is 205 cm³/mol. The summed E-state index contributed by atoms with van der Waals surface area (Å²) in [4.78, 5) is 0.